The summed E-state index contributed by atoms with van der Waals surface area (Å²) in [5.74, 6) is 0.613. The molecule has 0 spiro atoms. The molecule has 0 saturated heterocycles. The van der Waals surface area contributed by atoms with E-state index in [0.717, 1.165) is 44.0 Å². The van der Waals surface area contributed by atoms with Crippen molar-refractivity contribution in [3.8, 4) is 0 Å². The highest BCUT2D eigenvalue weighted by atomic mass is 19.1. The van der Waals surface area contributed by atoms with Crippen molar-refractivity contribution in [3.05, 3.63) is 65.7 Å². The molecule has 132 valence electrons. The quantitative estimate of drug-likeness (QED) is 0.628. The van der Waals surface area contributed by atoms with Crippen LogP contribution in [0.25, 0.3) is 0 Å². The summed E-state index contributed by atoms with van der Waals surface area (Å²) >= 11 is 0. The fraction of sp³-hybridized carbons (Fsp3) is 0.400. The molecule has 3 rings (SSSR count). The highest BCUT2D eigenvalue weighted by Gasteiger charge is 2.38. The number of aromatic nitrogens is 1. The molecule has 2 N–H and O–H groups in total. The Balaban J connectivity index is 1.52. The lowest BCUT2D eigenvalue weighted by Gasteiger charge is -2.43. The molecular weight excluding hydrogens is 315 g/mol. The maximum atomic E-state index is 13.2. The molecule has 1 aromatic carbocycles. The summed E-state index contributed by atoms with van der Waals surface area (Å²) in [6.07, 6.45) is 6.12. The van der Waals surface area contributed by atoms with E-state index >= 15 is 0 Å². The van der Waals surface area contributed by atoms with E-state index in [0.29, 0.717) is 0 Å². The Labute approximate surface area is 148 Å². The van der Waals surface area contributed by atoms with Gasteiger partial charge in [0.2, 0.25) is 0 Å². The van der Waals surface area contributed by atoms with Crippen LogP contribution in [0.3, 0.4) is 0 Å². The third-order valence-electron chi connectivity index (χ3n) is 4.98. The number of pyridine rings is 1. The van der Waals surface area contributed by atoms with Crippen LogP contribution in [0, 0.1) is 5.82 Å². The lowest BCUT2D eigenvalue weighted by atomic mass is 9.64. The second-order valence-electron chi connectivity index (χ2n) is 6.56. The van der Waals surface area contributed by atoms with E-state index in [1.54, 1.807) is 19.2 Å². The van der Waals surface area contributed by atoms with Crippen molar-refractivity contribution >= 4 is 5.96 Å². The molecule has 1 heterocycles. The summed E-state index contributed by atoms with van der Waals surface area (Å²) in [4.78, 5) is 8.63. The number of aliphatic imine (C=N–C) groups is 1. The van der Waals surface area contributed by atoms with Crippen LogP contribution in [0.2, 0.25) is 0 Å². The summed E-state index contributed by atoms with van der Waals surface area (Å²) in [6.45, 7) is 1.59. The van der Waals surface area contributed by atoms with Crippen LogP contribution >= 0.6 is 0 Å². The van der Waals surface area contributed by atoms with Crippen molar-refractivity contribution in [2.75, 3.05) is 20.1 Å². The van der Waals surface area contributed by atoms with Crippen molar-refractivity contribution in [2.45, 2.75) is 31.1 Å². The van der Waals surface area contributed by atoms with Gasteiger partial charge in [-0.1, -0.05) is 24.6 Å². The monoisotopic (exact) mass is 340 g/mol. The number of nitrogens with one attached hydrogen (secondary N) is 2. The highest BCUT2D eigenvalue weighted by Crippen LogP contribution is 2.43. The van der Waals surface area contributed by atoms with Crippen molar-refractivity contribution in [1.29, 1.82) is 0 Å². The van der Waals surface area contributed by atoms with Gasteiger partial charge in [-0.25, -0.2) is 4.39 Å². The molecule has 1 aliphatic rings. The molecule has 1 saturated carbocycles. The average molecular weight is 340 g/mol. The molecule has 1 aliphatic carbocycles. The van der Waals surface area contributed by atoms with Crippen LogP contribution in [-0.2, 0) is 11.8 Å². The topological polar surface area (TPSA) is 49.3 Å². The van der Waals surface area contributed by atoms with Crippen LogP contribution in [0.4, 0.5) is 4.39 Å². The SMILES string of the molecule is CN=C(NCCc1ccccn1)NCC1(c2ccc(F)cc2)CCC1. The van der Waals surface area contributed by atoms with E-state index in [2.05, 4.69) is 20.6 Å². The molecule has 0 radical (unpaired) electrons. The molecular formula is C20H25FN4. The Hall–Kier alpha value is -2.43. The largest absolute Gasteiger partial charge is 0.356 e. The zero-order chi connectivity index (χ0) is 17.5. The van der Waals surface area contributed by atoms with Crippen molar-refractivity contribution in [1.82, 2.24) is 15.6 Å². The van der Waals surface area contributed by atoms with E-state index in [1.165, 1.54) is 12.0 Å². The molecule has 2 aromatic rings. The number of rotatable bonds is 6. The predicted molar refractivity (Wildman–Crippen MR) is 99.2 cm³/mol. The summed E-state index contributed by atoms with van der Waals surface area (Å²) in [7, 11) is 1.78. The van der Waals surface area contributed by atoms with E-state index in [1.807, 2.05) is 36.5 Å². The first-order valence-corrected chi connectivity index (χ1v) is 8.82. The molecule has 25 heavy (non-hydrogen) atoms. The fourth-order valence-corrected chi connectivity index (χ4v) is 3.30. The van der Waals surface area contributed by atoms with E-state index in [4.69, 9.17) is 0 Å². The number of halogens is 1. The lowest BCUT2D eigenvalue weighted by Crippen LogP contribution is -2.49. The fourth-order valence-electron chi connectivity index (χ4n) is 3.30. The minimum absolute atomic E-state index is 0.0896. The maximum Gasteiger partial charge on any atom is 0.191 e. The maximum absolute atomic E-state index is 13.2. The number of hydrogen-bond donors (Lipinski definition) is 2. The van der Waals surface area contributed by atoms with Crippen molar-refractivity contribution in [3.63, 3.8) is 0 Å². The normalized spacial score (nSPS) is 16.2. The number of hydrogen-bond acceptors (Lipinski definition) is 2. The third-order valence-corrected chi connectivity index (χ3v) is 4.98. The summed E-state index contributed by atoms with van der Waals surface area (Å²) in [6, 6.07) is 12.9. The summed E-state index contributed by atoms with van der Waals surface area (Å²) in [5.41, 5.74) is 2.36. The van der Waals surface area contributed by atoms with Crippen molar-refractivity contribution in [2.24, 2.45) is 4.99 Å². The number of guanidine groups is 1. The second kappa shape index (κ2) is 8.10. The smallest absolute Gasteiger partial charge is 0.191 e. The van der Waals surface area contributed by atoms with Gasteiger partial charge in [0.1, 0.15) is 5.82 Å². The van der Waals surface area contributed by atoms with Gasteiger partial charge in [0, 0.05) is 43.9 Å². The summed E-state index contributed by atoms with van der Waals surface area (Å²) in [5, 5.41) is 6.77. The first-order chi connectivity index (χ1) is 12.2. The highest BCUT2D eigenvalue weighted by molar-refractivity contribution is 5.79. The Kier molecular flexibility index (Phi) is 5.64. The third kappa shape index (κ3) is 4.35. The van der Waals surface area contributed by atoms with E-state index < -0.39 is 0 Å². The molecule has 4 nitrogen and oxygen atoms in total. The molecule has 1 aromatic heterocycles. The van der Waals surface area contributed by atoms with Crippen LogP contribution in [0.5, 0.6) is 0 Å². The van der Waals surface area contributed by atoms with Gasteiger partial charge in [-0.3, -0.25) is 9.98 Å². The summed E-state index contributed by atoms with van der Waals surface area (Å²) < 4.78 is 13.2. The average Bonchev–Trinajstić information content (AvgIpc) is 2.61. The predicted octanol–water partition coefficient (Wildman–Crippen LogP) is 3.05. The molecule has 0 amide bonds. The Morgan fingerprint density at radius 3 is 2.56 bits per heavy atom. The van der Waals surface area contributed by atoms with E-state index in [9.17, 15) is 4.39 Å². The Bertz CT molecular complexity index is 693. The standard InChI is InChI=1S/C20H25FN4/c1-22-19(24-14-10-18-5-2-3-13-23-18)25-15-20(11-4-12-20)16-6-8-17(21)9-7-16/h2-3,5-9,13H,4,10-12,14-15H2,1H3,(H2,22,24,25). The molecule has 0 aliphatic heterocycles. The molecule has 0 unspecified atom stereocenters. The van der Waals surface area contributed by atoms with Crippen LogP contribution in [-0.4, -0.2) is 31.1 Å². The molecule has 0 bridgehead atoms. The van der Waals surface area contributed by atoms with Gasteiger partial charge in [0.05, 0.1) is 0 Å². The Morgan fingerprint density at radius 1 is 1.16 bits per heavy atom. The first-order valence-electron chi connectivity index (χ1n) is 8.82. The van der Waals surface area contributed by atoms with Crippen LogP contribution < -0.4 is 10.6 Å². The van der Waals surface area contributed by atoms with Gasteiger partial charge >= 0.3 is 0 Å². The second-order valence-corrected chi connectivity index (χ2v) is 6.56. The van der Waals surface area contributed by atoms with Gasteiger partial charge in [-0.05, 0) is 42.7 Å². The Morgan fingerprint density at radius 2 is 1.96 bits per heavy atom. The number of benzene rings is 1. The molecule has 1 fully saturated rings. The van der Waals surface area contributed by atoms with Gasteiger partial charge in [0.15, 0.2) is 5.96 Å². The van der Waals surface area contributed by atoms with Gasteiger partial charge in [0.25, 0.3) is 0 Å². The van der Waals surface area contributed by atoms with Gasteiger partial charge in [-0.2, -0.15) is 0 Å². The number of nitrogens with zero attached hydrogens (tertiary/aromatic N) is 2. The molecule has 5 heteroatoms. The first kappa shape index (κ1) is 17.4. The zero-order valence-corrected chi connectivity index (χ0v) is 14.6. The zero-order valence-electron chi connectivity index (χ0n) is 14.6. The minimum atomic E-state index is -0.182. The molecule has 0 atom stereocenters. The van der Waals surface area contributed by atoms with Crippen molar-refractivity contribution < 1.29 is 4.39 Å². The van der Waals surface area contributed by atoms with E-state index in [-0.39, 0.29) is 11.2 Å². The van der Waals surface area contributed by atoms with Crippen LogP contribution in [0.1, 0.15) is 30.5 Å². The lowest BCUT2D eigenvalue weighted by molar-refractivity contribution is 0.243. The van der Waals surface area contributed by atoms with Gasteiger partial charge < -0.3 is 10.6 Å². The van der Waals surface area contributed by atoms with Crippen LogP contribution in [0.15, 0.2) is 53.7 Å². The van der Waals surface area contributed by atoms with Gasteiger partial charge in [-0.15, -0.1) is 0 Å². The minimum Gasteiger partial charge on any atom is -0.356 e.